The molecule has 0 spiro atoms. The lowest BCUT2D eigenvalue weighted by Gasteiger charge is -2.40. The third-order valence-corrected chi connectivity index (χ3v) is 5.84. The Morgan fingerprint density at radius 1 is 1.05 bits per heavy atom. The number of nitrogens with zero attached hydrogens (tertiary/aromatic N) is 1. The van der Waals surface area contributed by atoms with Crippen LogP contribution in [0.2, 0.25) is 0 Å². The largest absolute Gasteiger partial charge is 0.314 e. The Morgan fingerprint density at radius 2 is 1.90 bits per heavy atom. The fraction of sp³-hybridized carbons (Fsp3) is 1.00. The molecule has 1 aliphatic carbocycles. The van der Waals surface area contributed by atoms with Crippen molar-refractivity contribution in [2.45, 2.75) is 90.6 Å². The molecule has 1 saturated carbocycles. The van der Waals surface area contributed by atoms with E-state index in [0.717, 1.165) is 23.9 Å². The van der Waals surface area contributed by atoms with Gasteiger partial charge < -0.3 is 10.2 Å². The van der Waals surface area contributed by atoms with E-state index in [1.807, 2.05) is 0 Å². The van der Waals surface area contributed by atoms with E-state index in [2.05, 4.69) is 31.0 Å². The molecule has 1 saturated heterocycles. The van der Waals surface area contributed by atoms with Crippen molar-refractivity contribution in [2.75, 3.05) is 19.6 Å². The molecule has 0 aromatic carbocycles. The van der Waals surface area contributed by atoms with Gasteiger partial charge in [0.1, 0.15) is 0 Å². The van der Waals surface area contributed by atoms with E-state index < -0.39 is 0 Å². The van der Waals surface area contributed by atoms with Crippen LogP contribution in [0.15, 0.2) is 0 Å². The average molecular weight is 295 g/mol. The third-order valence-electron chi connectivity index (χ3n) is 5.84. The van der Waals surface area contributed by atoms with Gasteiger partial charge in [-0.3, -0.25) is 0 Å². The summed E-state index contributed by atoms with van der Waals surface area (Å²) < 4.78 is 0. The minimum Gasteiger partial charge on any atom is -0.314 e. The summed E-state index contributed by atoms with van der Waals surface area (Å²) in [5.74, 6) is 1.81. The lowest BCUT2D eigenvalue weighted by Crippen LogP contribution is -2.48. The molecule has 0 aromatic heterocycles. The first kappa shape index (κ1) is 17.3. The maximum absolute atomic E-state index is 3.85. The van der Waals surface area contributed by atoms with Crippen LogP contribution in [0.1, 0.15) is 78.6 Å². The van der Waals surface area contributed by atoms with Gasteiger partial charge in [0.2, 0.25) is 0 Å². The summed E-state index contributed by atoms with van der Waals surface area (Å²) in [6.45, 7) is 11.0. The topological polar surface area (TPSA) is 15.3 Å². The highest BCUT2D eigenvalue weighted by molar-refractivity contribution is 4.87. The van der Waals surface area contributed by atoms with Crippen molar-refractivity contribution in [3.8, 4) is 0 Å². The Hall–Kier alpha value is -0.0800. The van der Waals surface area contributed by atoms with Gasteiger partial charge in [-0.25, -0.2) is 0 Å². The molecule has 2 fully saturated rings. The standard InChI is InChI=1S/C19H38N2/c1-4-12-20-19-11-10-16(3)14-17(19)15-21-13-8-6-7-9-18(21)5-2/h16-20H,4-15H2,1-3H3. The number of hydrogen-bond acceptors (Lipinski definition) is 2. The predicted octanol–water partition coefficient (Wildman–Crippen LogP) is 4.45. The second-order valence-electron chi connectivity index (χ2n) is 7.65. The van der Waals surface area contributed by atoms with Crippen molar-refractivity contribution in [2.24, 2.45) is 11.8 Å². The van der Waals surface area contributed by atoms with Crippen LogP contribution < -0.4 is 5.32 Å². The average Bonchev–Trinajstić information content (AvgIpc) is 2.71. The van der Waals surface area contributed by atoms with Gasteiger partial charge in [0.25, 0.3) is 0 Å². The molecule has 0 radical (unpaired) electrons. The third kappa shape index (κ3) is 5.25. The summed E-state index contributed by atoms with van der Waals surface area (Å²) in [4.78, 5) is 2.86. The fourth-order valence-electron chi connectivity index (χ4n) is 4.54. The second-order valence-corrected chi connectivity index (χ2v) is 7.65. The van der Waals surface area contributed by atoms with E-state index in [9.17, 15) is 0 Å². The maximum Gasteiger partial charge on any atom is 0.0108 e. The SMILES string of the molecule is CCCNC1CCC(C)CC1CN1CCCCCC1CC. The highest BCUT2D eigenvalue weighted by atomic mass is 15.2. The molecule has 4 atom stereocenters. The van der Waals surface area contributed by atoms with Gasteiger partial charge in [0.15, 0.2) is 0 Å². The van der Waals surface area contributed by atoms with Gasteiger partial charge in [0, 0.05) is 18.6 Å². The Labute approximate surface area is 133 Å². The monoisotopic (exact) mass is 294 g/mol. The minimum atomic E-state index is 0.780. The van der Waals surface area contributed by atoms with Crippen LogP contribution >= 0.6 is 0 Å². The van der Waals surface area contributed by atoms with Crippen LogP contribution in [-0.4, -0.2) is 36.6 Å². The van der Waals surface area contributed by atoms with Crippen molar-refractivity contribution in [3.05, 3.63) is 0 Å². The van der Waals surface area contributed by atoms with Gasteiger partial charge in [0.05, 0.1) is 0 Å². The summed E-state index contributed by atoms with van der Waals surface area (Å²) in [6, 6.07) is 1.64. The number of likely N-dealkylation sites (tertiary alicyclic amines) is 1. The van der Waals surface area contributed by atoms with Crippen molar-refractivity contribution < 1.29 is 0 Å². The number of hydrogen-bond donors (Lipinski definition) is 1. The maximum atomic E-state index is 3.85. The zero-order valence-electron chi connectivity index (χ0n) is 14.7. The molecule has 1 aliphatic heterocycles. The molecular formula is C19H38N2. The zero-order valence-corrected chi connectivity index (χ0v) is 14.7. The molecule has 1 N–H and O–H groups in total. The van der Waals surface area contributed by atoms with E-state index in [0.29, 0.717) is 0 Å². The summed E-state index contributed by atoms with van der Waals surface area (Å²) in [5.41, 5.74) is 0. The van der Waals surface area contributed by atoms with E-state index in [4.69, 9.17) is 0 Å². The molecular weight excluding hydrogens is 256 g/mol. The highest BCUT2D eigenvalue weighted by Crippen LogP contribution is 2.31. The summed E-state index contributed by atoms with van der Waals surface area (Å²) >= 11 is 0. The molecule has 0 aromatic rings. The van der Waals surface area contributed by atoms with Crippen LogP contribution in [0.4, 0.5) is 0 Å². The summed E-state index contributed by atoms with van der Waals surface area (Å²) in [6.07, 6.45) is 12.6. The van der Waals surface area contributed by atoms with Crippen molar-refractivity contribution in [3.63, 3.8) is 0 Å². The molecule has 0 amide bonds. The molecule has 2 nitrogen and oxygen atoms in total. The van der Waals surface area contributed by atoms with E-state index in [1.165, 1.54) is 77.4 Å². The first-order valence-electron chi connectivity index (χ1n) is 9.72. The van der Waals surface area contributed by atoms with Crippen LogP contribution in [0, 0.1) is 11.8 Å². The Morgan fingerprint density at radius 3 is 2.67 bits per heavy atom. The van der Waals surface area contributed by atoms with Gasteiger partial charge in [-0.05, 0) is 69.9 Å². The summed E-state index contributed by atoms with van der Waals surface area (Å²) in [5, 5.41) is 3.85. The smallest absolute Gasteiger partial charge is 0.0108 e. The quantitative estimate of drug-likeness (QED) is 0.779. The van der Waals surface area contributed by atoms with Crippen molar-refractivity contribution in [1.29, 1.82) is 0 Å². The molecule has 2 heteroatoms. The molecule has 124 valence electrons. The number of nitrogens with one attached hydrogen (secondary N) is 1. The lowest BCUT2D eigenvalue weighted by atomic mass is 9.78. The molecule has 21 heavy (non-hydrogen) atoms. The second kappa shape index (κ2) is 9.15. The summed E-state index contributed by atoms with van der Waals surface area (Å²) in [7, 11) is 0. The Bertz CT molecular complexity index is 277. The van der Waals surface area contributed by atoms with Crippen LogP contribution in [0.3, 0.4) is 0 Å². The van der Waals surface area contributed by atoms with Gasteiger partial charge in [-0.2, -0.15) is 0 Å². The molecule has 4 unspecified atom stereocenters. The fourth-order valence-corrected chi connectivity index (χ4v) is 4.54. The molecule has 2 rings (SSSR count). The highest BCUT2D eigenvalue weighted by Gasteiger charge is 2.31. The van der Waals surface area contributed by atoms with Crippen LogP contribution in [0.25, 0.3) is 0 Å². The number of rotatable bonds is 6. The Kier molecular flexibility index (Phi) is 7.53. The predicted molar refractivity (Wildman–Crippen MR) is 92.7 cm³/mol. The minimum absolute atomic E-state index is 0.780. The Balaban J connectivity index is 1.94. The van der Waals surface area contributed by atoms with Gasteiger partial charge in [-0.15, -0.1) is 0 Å². The van der Waals surface area contributed by atoms with E-state index in [1.54, 1.807) is 0 Å². The lowest BCUT2D eigenvalue weighted by molar-refractivity contribution is 0.112. The van der Waals surface area contributed by atoms with Gasteiger partial charge in [-0.1, -0.05) is 33.6 Å². The molecule has 1 heterocycles. The van der Waals surface area contributed by atoms with E-state index >= 15 is 0 Å². The van der Waals surface area contributed by atoms with Crippen LogP contribution in [0.5, 0.6) is 0 Å². The van der Waals surface area contributed by atoms with E-state index in [-0.39, 0.29) is 0 Å². The van der Waals surface area contributed by atoms with Gasteiger partial charge >= 0.3 is 0 Å². The first-order valence-corrected chi connectivity index (χ1v) is 9.72. The molecule has 0 bridgehead atoms. The molecule has 2 aliphatic rings. The van der Waals surface area contributed by atoms with Crippen LogP contribution in [-0.2, 0) is 0 Å². The van der Waals surface area contributed by atoms with Crippen molar-refractivity contribution >= 4 is 0 Å². The zero-order chi connectivity index (χ0) is 15.1. The van der Waals surface area contributed by atoms with Crippen molar-refractivity contribution in [1.82, 2.24) is 10.2 Å². The normalized spacial score (nSPS) is 35.6. The first-order chi connectivity index (χ1) is 10.2.